The minimum Gasteiger partial charge on any atom is -0.488 e. The molecule has 0 bridgehead atoms. The maximum atomic E-state index is 13.3. The van der Waals surface area contributed by atoms with Crippen LogP contribution < -0.4 is 4.74 Å². The lowest BCUT2D eigenvalue weighted by atomic mass is 10.2. The molecule has 0 unspecified atom stereocenters. The third kappa shape index (κ3) is 3.59. The van der Waals surface area contributed by atoms with Crippen molar-refractivity contribution in [2.45, 2.75) is 6.61 Å². The molecule has 0 spiro atoms. The van der Waals surface area contributed by atoms with Crippen molar-refractivity contribution in [2.24, 2.45) is 0 Å². The Kier molecular flexibility index (Phi) is 4.86. The van der Waals surface area contributed by atoms with Crippen LogP contribution in [0.3, 0.4) is 0 Å². The average molecular weight is 441 g/mol. The van der Waals surface area contributed by atoms with Gasteiger partial charge in [-0.3, -0.25) is 0 Å². The summed E-state index contributed by atoms with van der Waals surface area (Å²) in [6.45, 7) is 0.386. The third-order valence-electron chi connectivity index (χ3n) is 2.28. The SMILES string of the molecule is Fc1cc(OCc2ccc(I)cc2)c(Br)cc1Cl. The molecule has 2 aromatic rings. The van der Waals surface area contributed by atoms with Crippen molar-refractivity contribution < 1.29 is 9.13 Å². The van der Waals surface area contributed by atoms with E-state index < -0.39 is 5.82 Å². The molecular weight excluding hydrogens is 433 g/mol. The fourth-order valence-corrected chi connectivity index (χ4v) is 2.47. The van der Waals surface area contributed by atoms with Gasteiger partial charge < -0.3 is 4.74 Å². The van der Waals surface area contributed by atoms with Crippen LogP contribution in [-0.2, 0) is 6.61 Å². The molecule has 0 aliphatic heterocycles. The zero-order chi connectivity index (χ0) is 13.1. The van der Waals surface area contributed by atoms with Crippen molar-refractivity contribution in [1.29, 1.82) is 0 Å². The molecule has 0 N–H and O–H groups in total. The largest absolute Gasteiger partial charge is 0.488 e. The number of ether oxygens (including phenoxy) is 1. The molecule has 1 nitrogen and oxygen atoms in total. The first-order chi connectivity index (χ1) is 8.56. The molecule has 0 amide bonds. The predicted molar refractivity (Wildman–Crippen MR) is 82.6 cm³/mol. The number of hydrogen-bond acceptors (Lipinski definition) is 1. The predicted octanol–water partition coefficient (Wildman–Crippen LogP) is 5.43. The second kappa shape index (κ2) is 6.21. The van der Waals surface area contributed by atoms with Crippen LogP contribution in [0, 0.1) is 9.39 Å². The van der Waals surface area contributed by atoms with E-state index in [1.807, 2.05) is 24.3 Å². The van der Waals surface area contributed by atoms with Crippen LogP contribution in [-0.4, -0.2) is 0 Å². The summed E-state index contributed by atoms with van der Waals surface area (Å²) in [7, 11) is 0. The summed E-state index contributed by atoms with van der Waals surface area (Å²) in [4.78, 5) is 0. The topological polar surface area (TPSA) is 9.23 Å². The second-order valence-corrected chi connectivity index (χ2v) is 6.12. The molecule has 0 aromatic heterocycles. The van der Waals surface area contributed by atoms with Gasteiger partial charge >= 0.3 is 0 Å². The number of hydrogen-bond donors (Lipinski definition) is 0. The molecule has 0 aliphatic rings. The highest BCUT2D eigenvalue weighted by Gasteiger charge is 2.08. The standard InChI is InChI=1S/C13H8BrClFIO/c14-10-5-11(15)12(16)6-13(10)18-7-8-1-3-9(17)4-2-8/h1-6H,7H2. The van der Waals surface area contributed by atoms with Gasteiger partial charge in [-0.1, -0.05) is 23.7 Å². The summed E-state index contributed by atoms with van der Waals surface area (Å²) < 4.78 is 20.7. The van der Waals surface area contributed by atoms with Crippen LogP contribution in [0.4, 0.5) is 4.39 Å². The van der Waals surface area contributed by atoms with E-state index in [9.17, 15) is 4.39 Å². The Morgan fingerprint density at radius 1 is 1.22 bits per heavy atom. The molecule has 0 heterocycles. The Hall–Kier alpha value is -0.330. The molecule has 94 valence electrons. The highest BCUT2D eigenvalue weighted by Crippen LogP contribution is 2.31. The maximum absolute atomic E-state index is 13.3. The molecule has 0 fully saturated rings. The summed E-state index contributed by atoms with van der Waals surface area (Å²) in [5.41, 5.74) is 1.03. The van der Waals surface area contributed by atoms with Crippen molar-refractivity contribution in [1.82, 2.24) is 0 Å². The Morgan fingerprint density at radius 3 is 2.56 bits per heavy atom. The Labute approximate surface area is 132 Å². The van der Waals surface area contributed by atoms with Gasteiger partial charge in [0.1, 0.15) is 18.2 Å². The summed E-state index contributed by atoms with van der Waals surface area (Å²) in [6, 6.07) is 10.7. The fraction of sp³-hybridized carbons (Fsp3) is 0.0769. The van der Waals surface area contributed by atoms with E-state index in [1.54, 1.807) is 0 Å². The van der Waals surface area contributed by atoms with Crippen LogP contribution in [0.25, 0.3) is 0 Å². The molecule has 0 aliphatic carbocycles. The average Bonchev–Trinajstić information content (AvgIpc) is 2.34. The number of rotatable bonds is 3. The normalized spacial score (nSPS) is 10.4. The van der Waals surface area contributed by atoms with Crippen molar-refractivity contribution in [2.75, 3.05) is 0 Å². The van der Waals surface area contributed by atoms with Crippen LogP contribution in [0.5, 0.6) is 5.75 Å². The van der Waals surface area contributed by atoms with Gasteiger partial charge in [0, 0.05) is 9.64 Å². The first-order valence-corrected chi connectivity index (χ1v) is 7.33. The van der Waals surface area contributed by atoms with Crippen molar-refractivity contribution >= 4 is 50.1 Å². The molecule has 0 radical (unpaired) electrons. The summed E-state index contributed by atoms with van der Waals surface area (Å²) in [5, 5.41) is 0.0727. The van der Waals surface area contributed by atoms with Gasteiger partial charge in [-0.05, 0) is 62.3 Å². The molecule has 0 saturated carbocycles. The van der Waals surface area contributed by atoms with Gasteiger partial charge in [0.15, 0.2) is 0 Å². The molecule has 18 heavy (non-hydrogen) atoms. The zero-order valence-electron chi connectivity index (χ0n) is 9.09. The van der Waals surface area contributed by atoms with Crippen molar-refractivity contribution in [3.63, 3.8) is 0 Å². The Morgan fingerprint density at radius 2 is 1.89 bits per heavy atom. The van der Waals surface area contributed by atoms with Gasteiger partial charge in [-0.15, -0.1) is 0 Å². The first kappa shape index (κ1) is 14.1. The van der Waals surface area contributed by atoms with Gasteiger partial charge in [0.25, 0.3) is 0 Å². The molecule has 0 saturated heterocycles. The first-order valence-electron chi connectivity index (χ1n) is 5.08. The van der Waals surface area contributed by atoms with E-state index in [-0.39, 0.29) is 5.02 Å². The molecule has 5 heteroatoms. The van der Waals surface area contributed by atoms with E-state index in [4.69, 9.17) is 16.3 Å². The van der Waals surface area contributed by atoms with E-state index in [1.165, 1.54) is 12.1 Å². The van der Waals surface area contributed by atoms with E-state index in [0.29, 0.717) is 16.8 Å². The highest BCUT2D eigenvalue weighted by atomic mass is 127. The molecule has 2 aromatic carbocycles. The summed E-state index contributed by atoms with van der Waals surface area (Å²) in [6.07, 6.45) is 0. The van der Waals surface area contributed by atoms with Crippen LogP contribution >= 0.6 is 50.1 Å². The minimum atomic E-state index is -0.488. The fourth-order valence-electron chi connectivity index (χ4n) is 1.36. The van der Waals surface area contributed by atoms with Gasteiger partial charge in [-0.25, -0.2) is 4.39 Å². The monoisotopic (exact) mass is 440 g/mol. The Balaban J connectivity index is 2.10. The molecule has 0 atom stereocenters. The minimum absolute atomic E-state index is 0.0727. The van der Waals surface area contributed by atoms with Crippen molar-refractivity contribution in [3.05, 3.63) is 60.8 Å². The van der Waals surface area contributed by atoms with Crippen LogP contribution in [0.15, 0.2) is 40.9 Å². The van der Waals surface area contributed by atoms with Crippen LogP contribution in [0.1, 0.15) is 5.56 Å². The Bertz CT molecular complexity index is 560. The third-order valence-corrected chi connectivity index (χ3v) is 3.91. The van der Waals surface area contributed by atoms with E-state index in [2.05, 4.69) is 38.5 Å². The van der Waals surface area contributed by atoms with Gasteiger partial charge in [0.2, 0.25) is 0 Å². The molecule has 2 rings (SSSR count). The maximum Gasteiger partial charge on any atom is 0.145 e. The second-order valence-electron chi connectivity index (χ2n) is 3.61. The smallest absolute Gasteiger partial charge is 0.145 e. The lowest BCUT2D eigenvalue weighted by Crippen LogP contribution is -1.96. The van der Waals surface area contributed by atoms with Crippen LogP contribution in [0.2, 0.25) is 5.02 Å². The van der Waals surface area contributed by atoms with Crippen molar-refractivity contribution in [3.8, 4) is 5.75 Å². The quantitative estimate of drug-likeness (QED) is 0.456. The van der Waals surface area contributed by atoms with E-state index >= 15 is 0 Å². The van der Waals surface area contributed by atoms with E-state index in [0.717, 1.165) is 9.13 Å². The number of benzene rings is 2. The van der Waals surface area contributed by atoms with Gasteiger partial charge in [0.05, 0.1) is 9.50 Å². The summed E-state index contributed by atoms with van der Waals surface area (Å²) in [5.74, 6) is -0.0482. The van der Waals surface area contributed by atoms with Gasteiger partial charge in [-0.2, -0.15) is 0 Å². The highest BCUT2D eigenvalue weighted by molar-refractivity contribution is 14.1. The summed E-state index contributed by atoms with van der Waals surface area (Å²) >= 11 is 11.2. The zero-order valence-corrected chi connectivity index (χ0v) is 13.6. The lowest BCUT2D eigenvalue weighted by Gasteiger charge is -2.09. The molecular formula is C13H8BrClFIO. The lowest BCUT2D eigenvalue weighted by molar-refractivity contribution is 0.302. The number of halogens is 4.